The molecule has 0 radical (unpaired) electrons. The SMILES string of the molecule is O=C1c2ccccc2C(=O)c2c1ccc(O[N+](=O)[O-])c2O[N+](=O)[O-]. The van der Waals surface area contributed by atoms with Crippen LogP contribution in [0.5, 0.6) is 11.5 Å². The summed E-state index contributed by atoms with van der Waals surface area (Å²) in [5, 5.41) is 18.8. The molecule has 0 amide bonds. The van der Waals surface area contributed by atoms with Gasteiger partial charge in [-0.15, -0.1) is 20.2 Å². The minimum atomic E-state index is -1.25. The van der Waals surface area contributed by atoms with Crippen LogP contribution in [-0.2, 0) is 0 Å². The minimum Gasteiger partial charge on any atom is -0.289 e. The Morgan fingerprint density at radius 1 is 0.750 bits per heavy atom. The Morgan fingerprint density at radius 2 is 1.33 bits per heavy atom. The van der Waals surface area contributed by atoms with E-state index < -0.39 is 38.8 Å². The number of carbonyl (C=O) groups is 2. The van der Waals surface area contributed by atoms with Gasteiger partial charge < -0.3 is 0 Å². The lowest BCUT2D eigenvalue weighted by atomic mass is 9.83. The first-order valence-corrected chi connectivity index (χ1v) is 6.40. The van der Waals surface area contributed by atoms with Crippen molar-refractivity contribution >= 4 is 11.6 Å². The third-order valence-electron chi connectivity index (χ3n) is 3.35. The van der Waals surface area contributed by atoms with Crippen molar-refractivity contribution in [2.45, 2.75) is 0 Å². The molecule has 0 bridgehead atoms. The van der Waals surface area contributed by atoms with E-state index in [0.717, 1.165) is 12.1 Å². The maximum absolute atomic E-state index is 12.6. The predicted molar refractivity (Wildman–Crippen MR) is 75.0 cm³/mol. The van der Waals surface area contributed by atoms with Crippen molar-refractivity contribution in [3.05, 3.63) is 78.9 Å². The van der Waals surface area contributed by atoms with Crippen LogP contribution in [0, 0.1) is 20.2 Å². The van der Waals surface area contributed by atoms with Crippen LogP contribution < -0.4 is 9.68 Å². The summed E-state index contributed by atoms with van der Waals surface area (Å²) in [4.78, 5) is 54.8. The molecule has 2 aromatic carbocycles. The van der Waals surface area contributed by atoms with Crippen molar-refractivity contribution in [1.29, 1.82) is 0 Å². The van der Waals surface area contributed by atoms with E-state index in [2.05, 4.69) is 9.68 Å². The zero-order valence-corrected chi connectivity index (χ0v) is 11.6. The molecule has 0 spiro atoms. The van der Waals surface area contributed by atoms with Gasteiger partial charge in [0, 0.05) is 16.7 Å². The second kappa shape index (κ2) is 5.43. The maximum atomic E-state index is 12.6. The van der Waals surface area contributed by atoms with Crippen LogP contribution in [-0.4, -0.2) is 21.7 Å². The Labute approximate surface area is 132 Å². The summed E-state index contributed by atoms with van der Waals surface area (Å²) < 4.78 is 0. The van der Waals surface area contributed by atoms with E-state index in [4.69, 9.17) is 0 Å². The molecule has 120 valence electrons. The van der Waals surface area contributed by atoms with Gasteiger partial charge >= 0.3 is 0 Å². The molecule has 10 nitrogen and oxygen atoms in total. The molecule has 0 N–H and O–H groups in total. The van der Waals surface area contributed by atoms with Gasteiger partial charge in [-0.2, -0.15) is 0 Å². The van der Waals surface area contributed by atoms with E-state index in [1.807, 2.05) is 0 Å². The van der Waals surface area contributed by atoms with Crippen molar-refractivity contribution in [3.63, 3.8) is 0 Å². The highest BCUT2D eigenvalue weighted by Gasteiger charge is 2.34. The van der Waals surface area contributed by atoms with Crippen LogP contribution in [0.3, 0.4) is 0 Å². The lowest BCUT2D eigenvalue weighted by molar-refractivity contribution is -0.721. The summed E-state index contributed by atoms with van der Waals surface area (Å²) in [6.45, 7) is 0. The third kappa shape index (κ3) is 2.31. The molecule has 0 atom stereocenters. The van der Waals surface area contributed by atoms with Crippen LogP contribution >= 0.6 is 0 Å². The fourth-order valence-electron chi connectivity index (χ4n) is 2.45. The van der Waals surface area contributed by atoms with Gasteiger partial charge in [-0.1, -0.05) is 24.3 Å². The van der Waals surface area contributed by atoms with Gasteiger partial charge in [0.05, 0.1) is 5.56 Å². The Hall–Kier alpha value is -3.82. The van der Waals surface area contributed by atoms with Crippen molar-refractivity contribution in [2.75, 3.05) is 0 Å². The third-order valence-corrected chi connectivity index (χ3v) is 3.35. The summed E-state index contributed by atoms with van der Waals surface area (Å²) in [5.74, 6) is -2.73. The Morgan fingerprint density at radius 3 is 1.92 bits per heavy atom. The summed E-state index contributed by atoms with van der Waals surface area (Å²) in [5.41, 5.74) is -0.465. The Balaban J connectivity index is 2.27. The van der Waals surface area contributed by atoms with E-state index in [1.54, 1.807) is 6.07 Å². The monoisotopic (exact) mass is 330 g/mol. The molecule has 0 aromatic heterocycles. The second-order valence-electron chi connectivity index (χ2n) is 4.65. The first-order chi connectivity index (χ1) is 11.4. The second-order valence-corrected chi connectivity index (χ2v) is 4.65. The zero-order valence-electron chi connectivity index (χ0n) is 11.6. The van der Waals surface area contributed by atoms with E-state index >= 15 is 0 Å². The van der Waals surface area contributed by atoms with Crippen LogP contribution in [0.4, 0.5) is 0 Å². The topological polar surface area (TPSA) is 139 Å². The molecule has 1 aliphatic rings. The molecular formula is C14H6N2O8. The number of hydrogen-bond donors (Lipinski definition) is 0. The van der Waals surface area contributed by atoms with Crippen molar-refractivity contribution < 1.29 is 29.4 Å². The zero-order chi connectivity index (χ0) is 17.4. The molecule has 3 rings (SSSR count). The normalized spacial score (nSPS) is 12.2. The molecule has 0 aliphatic heterocycles. The van der Waals surface area contributed by atoms with Gasteiger partial charge in [-0.25, -0.2) is 0 Å². The van der Waals surface area contributed by atoms with Crippen LogP contribution in [0.25, 0.3) is 0 Å². The number of hydrogen-bond acceptors (Lipinski definition) is 8. The number of ketones is 2. The lowest BCUT2D eigenvalue weighted by Gasteiger charge is -2.20. The van der Waals surface area contributed by atoms with Crippen molar-refractivity contribution in [1.82, 2.24) is 0 Å². The molecule has 0 saturated carbocycles. The average molecular weight is 330 g/mol. The molecule has 2 aromatic rings. The Kier molecular flexibility index (Phi) is 3.41. The minimum absolute atomic E-state index is 0.0152. The molecule has 10 heteroatoms. The smallest absolute Gasteiger partial charge is 0.289 e. The van der Waals surface area contributed by atoms with Gasteiger partial charge in [-0.05, 0) is 12.1 Å². The van der Waals surface area contributed by atoms with E-state index in [9.17, 15) is 29.8 Å². The molecular weight excluding hydrogens is 324 g/mol. The molecule has 0 heterocycles. The fraction of sp³-hybridized carbons (Fsp3) is 0. The van der Waals surface area contributed by atoms with Gasteiger partial charge in [0.25, 0.3) is 10.2 Å². The van der Waals surface area contributed by atoms with E-state index in [1.165, 1.54) is 18.2 Å². The van der Waals surface area contributed by atoms with Gasteiger partial charge in [-0.3, -0.25) is 19.3 Å². The maximum Gasteiger partial charge on any atom is 0.299 e. The fourth-order valence-corrected chi connectivity index (χ4v) is 2.45. The number of fused-ring (bicyclic) bond motifs is 2. The molecule has 0 unspecified atom stereocenters. The standard InChI is InChI=1S/C14H6N2O8/c17-12-7-3-1-2-4-8(7)13(18)11-9(12)5-6-10(23-15(19)20)14(11)24-16(21)22/h1-6H. The van der Waals surface area contributed by atoms with Crippen molar-refractivity contribution in [3.8, 4) is 11.5 Å². The first kappa shape index (κ1) is 15.1. The summed E-state index contributed by atoms with van der Waals surface area (Å²) >= 11 is 0. The van der Waals surface area contributed by atoms with E-state index in [0.29, 0.717) is 0 Å². The quantitative estimate of drug-likeness (QED) is 0.519. The molecule has 0 saturated heterocycles. The number of nitrogens with zero attached hydrogens (tertiary/aromatic N) is 2. The van der Waals surface area contributed by atoms with Crippen LogP contribution in [0.1, 0.15) is 31.8 Å². The summed E-state index contributed by atoms with van der Waals surface area (Å²) in [7, 11) is 0. The highest BCUT2D eigenvalue weighted by molar-refractivity contribution is 6.29. The Bertz CT molecular complexity index is 921. The summed E-state index contributed by atoms with van der Waals surface area (Å²) in [6.07, 6.45) is 0. The largest absolute Gasteiger partial charge is 0.299 e. The highest BCUT2D eigenvalue weighted by Crippen LogP contribution is 2.39. The van der Waals surface area contributed by atoms with E-state index in [-0.39, 0.29) is 16.7 Å². The predicted octanol–water partition coefficient (Wildman–Crippen LogP) is 1.60. The molecule has 24 heavy (non-hydrogen) atoms. The number of rotatable bonds is 4. The van der Waals surface area contributed by atoms with Crippen molar-refractivity contribution in [2.24, 2.45) is 0 Å². The highest BCUT2D eigenvalue weighted by atomic mass is 17.0. The van der Waals surface area contributed by atoms with Crippen LogP contribution in [0.15, 0.2) is 36.4 Å². The average Bonchev–Trinajstić information content (AvgIpc) is 2.53. The van der Waals surface area contributed by atoms with Gasteiger partial charge in [0.1, 0.15) is 0 Å². The number of carbonyl (C=O) groups excluding carboxylic acids is 2. The lowest BCUT2D eigenvalue weighted by Crippen LogP contribution is -2.23. The molecule has 1 aliphatic carbocycles. The first-order valence-electron chi connectivity index (χ1n) is 6.40. The van der Waals surface area contributed by atoms with Crippen LogP contribution in [0.2, 0.25) is 0 Å². The summed E-state index contributed by atoms with van der Waals surface area (Å²) in [6, 6.07) is 7.97. The van der Waals surface area contributed by atoms with Gasteiger partial charge in [0.2, 0.25) is 0 Å². The number of benzene rings is 2. The van der Waals surface area contributed by atoms with Gasteiger partial charge in [0.15, 0.2) is 23.1 Å². The molecule has 0 fully saturated rings.